The second-order valence-corrected chi connectivity index (χ2v) is 6.24. The third-order valence-corrected chi connectivity index (χ3v) is 3.70. The lowest BCUT2D eigenvalue weighted by atomic mass is 9.97. The van der Waals surface area contributed by atoms with Crippen LogP contribution in [-0.2, 0) is 14.3 Å². The number of esters is 1. The number of carbonyl (C=O) groups excluding carboxylic acids is 2. The topological polar surface area (TPSA) is 55.8 Å². The Morgan fingerprint density at radius 2 is 2.00 bits per heavy atom. The lowest BCUT2D eigenvalue weighted by molar-refractivity contribution is -0.149. The van der Waals surface area contributed by atoms with Gasteiger partial charge in [-0.2, -0.15) is 0 Å². The van der Waals surface area contributed by atoms with Crippen molar-refractivity contribution in [3.63, 3.8) is 0 Å². The molecule has 2 aliphatic rings. The van der Waals surface area contributed by atoms with Gasteiger partial charge in [-0.15, -0.1) is 0 Å². The van der Waals surface area contributed by atoms with Crippen LogP contribution in [-0.4, -0.2) is 42.8 Å². The lowest BCUT2D eigenvalue weighted by Gasteiger charge is -2.33. The van der Waals surface area contributed by atoms with Gasteiger partial charge in [0.1, 0.15) is 5.60 Å². The highest BCUT2D eigenvalue weighted by Crippen LogP contribution is 2.58. The number of nitrogens with zero attached hydrogens (tertiary/aromatic N) is 1. The molecule has 1 aliphatic carbocycles. The van der Waals surface area contributed by atoms with Crippen LogP contribution in [0.3, 0.4) is 0 Å². The first kappa shape index (κ1) is 13.2. The highest BCUT2D eigenvalue weighted by molar-refractivity contribution is 5.82. The largest absolute Gasteiger partial charge is 0.469 e. The van der Waals surface area contributed by atoms with Gasteiger partial charge in [0, 0.05) is 13.1 Å². The molecule has 2 atom stereocenters. The average molecular weight is 255 g/mol. The molecule has 102 valence electrons. The minimum absolute atomic E-state index is 0.194. The molecular weight excluding hydrogens is 234 g/mol. The highest BCUT2D eigenvalue weighted by atomic mass is 16.6. The molecule has 0 aromatic carbocycles. The second kappa shape index (κ2) is 4.14. The van der Waals surface area contributed by atoms with Crippen molar-refractivity contribution in [2.75, 3.05) is 20.2 Å². The molecule has 1 amide bonds. The van der Waals surface area contributed by atoms with Gasteiger partial charge < -0.3 is 14.4 Å². The van der Waals surface area contributed by atoms with Crippen molar-refractivity contribution in [3.8, 4) is 0 Å². The zero-order valence-electron chi connectivity index (χ0n) is 11.5. The quantitative estimate of drug-likeness (QED) is 0.670. The number of rotatable bonds is 1. The Hall–Kier alpha value is -1.26. The van der Waals surface area contributed by atoms with Crippen molar-refractivity contribution in [1.29, 1.82) is 0 Å². The maximum absolute atomic E-state index is 12.0. The number of hydrogen-bond acceptors (Lipinski definition) is 4. The zero-order chi connectivity index (χ0) is 13.6. The first-order chi connectivity index (χ1) is 8.28. The Kier molecular flexibility index (Phi) is 3.03. The Labute approximate surface area is 107 Å². The van der Waals surface area contributed by atoms with Gasteiger partial charge in [-0.1, -0.05) is 0 Å². The van der Waals surface area contributed by atoms with E-state index in [-0.39, 0.29) is 12.1 Å². The second-order valence-electron chi connectivity index (χ2n) is 6.24. The first-order valence-electron chi connectivity index (χ1n) is 6.35. The first-order valence-corrected chi connectivity index (χ1v) is 6.35. The summed E-state index contributed by atoms with van der Waals surface area (Å²) in [5.41, 5.74) is -0.959. The highest BCUT2D eigenvalue weighted by Gasteiger charge is 2.63. The van der Waals surface area contributed by atoms with Crippen LogP contribution in [0, 0.1) is 11.3 Å². The Morgan fingerprint density at radius 3 is 2.56 bits per heavy atom. The van der Waals surface area contributed by atoms with Gasteiger partial charge >= 0.3 is 12.1 Å². The monoisotopic (exact) mass is 255 g/mol. The number of fused-ring (bicyclic) bond motifs is 1. The smallest absolute Gasteiger partial charge is 0.410 e. The van der Waals surface area contributed by atoms with E-state index in [0.29, 0.717) is 19.0 Å². The minimum atomic E-state index is -0.504. The number of likely N-dealkylation sites (tertiary alicyclic amines) is 1. The fourth-order valence-electron chi connectivity index (χ4n) is 2.68. The van der Waals surface area contributed by atoms with Crippen LogP contribution in [0.1, 0.15) is 33.6 Å². The Morgan fingerprint density at radius 1 is 1.33 bits per heavy atom. The summed E-state index contributed by atoms with van der Waals surface area (Å²) in [6.07, 6.45) is 1.35. The van der Waals surface area contributed by atoms with E-state index in [4.69, 9.17) is 9.47 Å². The number of ether oxygens (including phenoxy) is 2. The molecule has 1 aliphatic heterocycles. The molecule has 5 heteroatoms. The summed E-state index contributed by atoms with van der Waals surface area (Å²) < 4.78 is 10.2. The van der Waals surface area contributed by atoms with Crippen molar-refractivity contribution < 1.29 is 19.1 Å². The van der Waals surface area contributed by atoms with Crippen LogP contribution in [0.4, 0.5) is 4.79 Å². The van der Waals surface area contributed by atoms with Crippen LogP contribution in [0.25, 0.3) is 0 Å². The van der Waals surface area contributed by atoms with Crippen LogP contribution in [0.5, 0.6) is 0 Å². The van der Waals surface area contributed by atoms with Gasteiger partial charge in [-0.05, 0) is 39.5 Å². The molecule has 1 heterocycles. The normalized spacial score (nSPS) is 30.4. The molecule has 2 unspecified atom stereocenters. The number of carbonyl (C=O) groups is 2. The number of amides is 1. The molecule has 1 saturated carbocycles. The average Bonchev–Trinajstić information content (AvgIpc) is 3.00. The van der Waals surface area contributed by atoms with Crippen molar-refractivity contribution in [2.45, 2.75) is 39.2 Å². The van der Waals surface area contributed by atoms with Crippen molar-refractivity contribution in [1.82, 2.24) is 4.90 Å². The van der Waals surface area contributed by atoms with Crippen LogP contribution in [0.2, 0.25) is 0 Å². The number of methoxy groups -OCH3 is 1. The zero-order valence-corrected chi connectivity index (χ0v) is 11.5. The van der Waals surface area contributed by atoms with Crippen LogP contribution >= 0.6 is 0 Å². The maximum Gasteiger partial charge on any atom is 0.410 e. The van der Waals surface area contributed by atoms with Crippen molar-refractivity contribution >= 4 is 12.1 Å². The van der Waals surface area contributed by atoms with E-state index >= 15 is 0 Å². The molecule has 2 rings (SSSR count). The maximum atomic E-state index is 12.0. The lowest BCUT2D eigenvalue weighted by Crippen LogP contribution is -2.46. The molecule has 1 saturated heterocycles. The summed E-state index contributed by atoms with van der Waals surface area (Å²) in [6.45, 7) is 6.61. The molecule has 18 heavy (non-hydrogen) atoms. The molecule has 0 radical (unpaired) electrons. The summed E-state index contributed by atoms with van der Waals surface area (Å²) in [5.74, 6) is 0.185. The van der Waals surface area contributed by atoms with Crippen LogP contribution < -0.4 is 0 Å². The molecule has 5 nitrogen and oxygen atoms in total. The fraction of sp³-hybridized carbons (Fsp3) is 0.846. The summed E-state index contributed by atoms with van der Waals surface area (Å²) in [7, 11) is 1.40. The molecular formula is C13H21NO4. The number of piperidine rings is 1. The molecule has 2 fully saturated rings. The van der Waals surface area contributed by atoms with Gasteiger partial charge in [0.2, 0.25) is 0 Å². The Balaban J connectivity index is 2.00. The van der Waals surface area contributed by atoms with E-state index in [0.717, 1.165) is 12.8 Å². The molecule has 0 bridgehead atoms. The van der Waals surface area contributed by atoms with Gasteiger partial charge in [-0.25, -0.2) is 4.79 Å². The standard InChI is InChI=1S/C13H21NO4/c1-12(2,3)18-11(16)14-6-5-9-7-13(9,8-14)10(15)17-4/h9H,5-8H2,1-4H3. The van der Waals surface area contributed by atoms with Gasteiger partial charge in [0.15, 0.2) is 0 Å². The van der Waals surface area contributed by atoms with E-state index in [2.05, 4.69) is 0 Å². The summed E-state index contributed by atoms with van der Waals surface area (Å²) >= 11 is 0. The molecule has 0 aromatic heterocycles. The van der Waals surface area contributed by atoms with E-state index in [1.807, 2.05) is 20.8 Å². The molecule has 0 aromatic rings. The van der Waals surface area contributed by atoms with E-state index in [1.165, 1.54) is 7.11 Å². The van der Waals surface area contributed by atoms with E-state index < -0.39 is 11.0 Å². The van der Waals surface area contributed by atoms with Crippen molar-refractivity contribution in [2.24, 2.45) is 11.3 Å². The summed E-state index contributed by atoms with van der Waals surface area (Å²) in [6, 6.07) is 0. The summed E-state index contributed by atoms with van der Waals surface area (Å²) in [4.78, 5) is 25.4. The van der Waals surface area contributed by atoms with Crippen molar-refractivity contribution in [3.05, 3.63) is 0 Å². The minimum Gasteiger partial charge on any atom is -0.469 e. The van der Waals surface area contributed by atoms with Gasteiger partial charge in [-0.3, -0.25) is 4.79 Å². The predicted molar refractivity (Wildman–Crippen MR) is 65.0 cm³/mol. The van der Waals surface area contributed by atoms with Gasteiger partial charge in [0.25, 0.3) is 0 Å². The predicted octanol–water partition coefficient (Wildman–Crippen LogP) is 1.81. The third-order valence-electron chi connectivity index (χ3n) is 3.70. The van der Waals surface area contributed by atoms with E-state index in [1.54, 1.807) is 4.90 Å². The fourth-order valence-corrected chi connectivity index (χ4v) is 2.68. The third kappa shape index (κ3) is 2.31. The van der Waals surface area contributed by atoms with E-state index in [9.17, 15) is 9.59 Å². The SMILES string of the molecule is COC(=O)C12CC1CCN(C(=O)OC(C)(C)C)C2. The Bertz CT molecular complexity index is 374. The van der Waals surface area contributed by atoms with Crippen LogP contribution in [0.15, 0.2) is 0 Å². The number of hydrogen-bond donors (Lipinski definition) is 0. The van der Waals surface area contributed by atoms with Gasteiger partial charge in [0.05, 0.1) is 12.5 Å². The molecule has 0 spiro atoms. The molecule has 0 N–H and O–H groups in total. The summed E-state index contributed by atoms with van der Waals surface area (Å²) in [5, 5.41) is 0.